The van der Waals surface area contributed by atoms with Gasteiger partial charge in [-0.25, -0.2) is 0 Å². The number of phenols is 1. The topological polar surface area (TPSA) is 49.3 Å². The maximum Gasteiger partial charge on any atom is 0.230 e. The molecule has 1 aromatic carbocycles. The molecule has 3 nitrogen and oxygen atoms in total. The van der Waals surface area contributed by atoms with Crippen molar-refractivity contribution in [3.63, 3.8) is 0 Å². The summed E-state index contributed by atoms with van der Waals surface area (Å²) in [4.78, 5) is 12.8. The number of aryl methyl sites for hydroxylation is 1. The molecular weight excluding hydrogens is 322 g/mol. The largest absolute Gasteiger partial charge is 0.507 e. The lowest BCUT2D eigenvalue weighted by Crippen LogP contribution is -2.31. The second-order valence-electron chi connectivity index (χ2n) is 8.40. The smallest absolute Gasteiger partial charge is 0.230 e. The van der Waals surface area contributed by atoms with Crippen molar-refractivity contribution >= 4 is 11.6 Å². The Morgan fingerprint density at radius 2 is 1.50 bits per heavy atom. The number of hydrogen-bond donors (Lipinski definition) is 2. The van der Waals surface area contributed by atoms with E-state index in [0.29, 0.717) is 5.75 Å². The monoisotopic (exact) mass is 361 g/mol. The fourth-order valence-corrected chi connectivity index (χ4v) is 3.30. The Hall–Kier alpha value is -1.51. The van der Waals surface area contributed by atoms with Gasteiger partial charge < -0.3 is 10.4 Å². The molecule has 0 aromatic heterocycles. The number of hydrogen-bond acceptors (Lipinski definition) is 2. The predicted octanol–water partition coefficient (Wildman–Crippen LogP) is 6.81. The number of amides is 1. The minimum atomic E-state index is -0.381. The summed E-state index contributed by atoms with van der Waals surface area (Å²) in [5, 5.41) is 13.1. The minimum Gasteiger partial charge on any atom is -0.507 e. The van der Waals surface area contributed by atoms with E-state index in [0.717, 1.165) is 35.2 Å². The Bertz CT molecular complexity index is 590. The molecule has 0 aliphatic rings. The van der Waals surface area contributed by atoms with Crippen molar-refractivity contribution in [2.45, 2.75) is 99.3 Å². The van der Waals surface area contributed by atoms with E-state index >= 15 is 0 Å². The zero-order valence-corrected chi connectivity index (χ0v) is 17.8. The van der Waals surface area contributed by atoms with Gasteiger partial charge in [0.25, 0.3) is 0 Å². The molecule has 0 aliphatic carbocycles. The van der Waals surface area contributed by atoms with Gasteiger partial charge in [0, 0.05) is 11.1 Å². The van der Waals surface area contributed by atoms with Crippen LogP contribution in [-0.2, 0) is 4.79 Å². The van der Waals surface area contributed by atoms with Gasteiger partial charge in [0.05, 0.1) is 0 Å². The standard InChI is InChI=1S/C23H39NO2/c1-7-8-9-10-11-12-13-14-15-23(5,6)22(26)24-20-16-17(2)21(25)19(4)18(20)3/h16,25H,7-15H2,1-6H3,(H,24,26). The molecule has 148 valence electrons. The first-order chi connectivity index (χ1) is 12.2. The van der Waals surface area contributed by atoms with Gasteiger partial charge in [-0.3, -0.25) is 4.79 Å². The van der Waals surface area contributed by atoms with Crippen LogP contribution in [0.2, 0.25) is 0 Å². The summed E-state index contributed by atoms with van der Waals surface area (Å²) in [7, 11) is 0. The lowest BCUT2D eigenvalue weighted by molar-refractivity contribution is -0.124. The molecule has 0 saturated carbocycles. The summed E-state index contributed by atoms with van der Waals surface area (Å²) in [5.74, 6) is 0.381. The van der Waals surface area contributed by atoms with Crippen molar-refractivity contribution in [1.29, 1.82) is 0 Å². The Labute approximate surface area is 160 Å². The van der Waals surface area contributed by atoms with E-state index in [-0.39, 0.29) is 11.3 Å². The van der Waals surface area contributed by atoms with Crippen LogP contribution < -0.4 is 5.32 Å². The second kappa shape index (κ2) is 10.6. The molecule has 0 saturated heterocycles. The summed E-state index contributed by atoms with van der Waals surface area (Å²) in [5.41, 5.74) is 3.00. The fourth-order valence-electron chi connectivity index (χ4n) is 3.30. The summed E-state index contributed by atoms with van der Waals surface area (Å²) in [6.45, 7) is 12.0. The maximum absolute atomic E-state index is 12.8. The first-order valence-corrected chi connectivity index (χ1v) is 10.3. The van der Waals surface area contributed by atoms with Crippen molar-refractivity contribution in [2.24, 2.45) is 5.41 Å². The second-order valence-corrected chi connectivity index (χ2v) is 8.40. The third kappa shape index (κ3) is 6.66. The van der Waals surface area contributed by atoms with E-state index in [4.69, 9.17) is 0 Å². The number of carbonyl (C=O) groups excluding carboxylic acids is 1. The molecule has 0 radical (unpaired) electrons. The fraction of sp³-hybridized carbons (Fsp3) is 0.696. The van der Waals surface area contributed by atoms with Gasteiger partial charge in [0.1, 0.15) is 5.75 Å². The highest BCUT2D eigenvalue weighted by molar-refractivity contribution is 5.95. The van der Waals surface area contributed by atoms with E-state index in [1.54, 1.807) is 0 Å². The highest BCUT2D eigenvalue weighted by Gasteiger charge is 2.27. The van der Waals surface area contributed by atoms with E-state index in [1.807, 2.05) is 40.7 Å². The first kappa shape index (κ1) is 22.5. The Kier molecular flexibility index (Phi) is 9.18. The third-order valence-electron chi connectivity index (χ3n) is 5.57. The van der Waals surface area contributed by atoms with E-state index in [2.05, 4.69) is 12.2 Å². The normalized spacial score (nSPS) is 11.6. The molecule has 0 aliphatic heterocycles. The molecule has 3 heteroatoms. The predicted molar refractivity (Wildman–Crippen MR) is 112 cm³/mol. The molecule has 2 N–H and O–H groups in total. The van der Waals surface area contributed by atoms with Crippen LogP contribution in [-0.4, -0.2) is 11.0 Å². The van der Waals surface area contributed by atoms with Gasteiger partial charge in [-0.2, -0.15) is 0 Å². The van der Waals surface area contributed by atoms with Crippen LogP contribution in [0.4, 0.5) is 5.69 Å². The lowest BCUT2D eigenvalue weighted by Gasteiger charge is -2.25. The molecule has 0 heterocycles. The van der Waals surface area contributed by atoms with Crippen molar-refractivity contribution < 1.29 is 9.90 Å². The first-order valence-electron chi connectivity index (χ1n) is 10.3. The molecule has 0 atom stereocenters. The molecule has 0 unspecified atom stereocenters. The van der Waals surface area contributed by atoms with Gasteiger partial charge >= 0.3 is 0 Å². The SMILES string of the molecule is CCCCCCCCCCC(C)(C)C(=O)Nc1cc(C)c(O)c(C)c1C. The van der Waals surface area contributed by atoms with E-state index in [1.165, 1.54) is 44.9 Å². The summed E-state index contributed by atoms with van der Waals surface area (Å²) in [6.07, 6.45) is 11.1. The average Bonchev–Trinajstić information content (AvgIpc) is 2.60. The van der Waals surface area contributed by atoms with Crippen molar-refractivity contribution in [3.8, 4) is 5.75 Å². The summed E-state index contributed by atoms with van der Waals surface area (Å²) < 4.78 is 0. The highest BCUT2D eigenvalue weighted by atomic mass is 16.3. The number of unbranched alkanes of at least 4 members (excludes halogenated alkanes) is 7. The molecule has 26 heavy (non-hydrogen) atoms. The average molecular weight is 362 g/mol. The lowest BCUT2D eigenvalue weighted by atomic mass is 9.85. The zero-order valence-electron chi connectivity index (χ0n) is 17.8. The molecular formula is C23H39NO2. The Balaban J connectivity index is 2.48. The molecule has 1 aromatic rings. The Morgan fingerprint density at radius 1 is 0.962 bits per heavy atom. The summed E-state index contributed by atoms with van der Waals surface area (Å²) >= 11 is 0. The third-order valence-corrected chi connectivity index (χ3v) is 5.57. The van der Waals surface area contributed by atoms with Crippen LogP contribution in [0.25, 0.3) is 0 Å². The molecule has 1 amide bonds. The number of carbonyl (C=O) groups is 1. The summed E-state index contributed by atoms with van der Waals surface area (Å²) in [6, 6.07) is 1.86. The van der Waals surface area contributed by atoms with Gasteiger partial charge in [-0.1, -0.05) is 72.1 Å². The van der Waals surface area contributed by atoms with E-state index in [9.17, 15) is 9.90 Å². The van der Waals surface area contributed by atoms with Gasteiger partial charge in [0.2, 0.25) is 5.91 Å². The quantitative estimate of drug-likeness (QED) is 0.336. The van der Waals surface area contributed by atoms with Crippen LogP contribution in [0.3, 0.4) is 0 Å². The molecule has 1 rings (SSSR count). The van der Waals surface area contributed by atoms with Crippen molar-refractivity contribution in [1.82, 2.24) is 0 Å². The van der Waals surface area contributed by atoms with E-state index < -0.39 is 0 Å². The number of anilines is 1. The van der Waals surface area contributed by atoms with Crippen LogP contribution in [0.1, 0.15) is 95.2 Å². The van der Waals surface area contributed by atoms with Gasteiger partial charge in [-0.05, 0) is 49.9 Å². The number of aromatic hydroxyl groups is 1. The maximum atomic E-state index is 12.8. The number of nitrogens with one attached hydrogen (secondary N) is 1. The van der Waals surface area contributed by atoms with Gasteiger partial charge in [-0.15, -0.1) is 0 Å². The molecule has 0 bridgehead atoms. The van der Waals surface area contributed by atoms with Crippen LogP contribution in [0.5, 0.6) is 5.75 Å². The number of benzene rings is 1. The number of rotatable bonds is 11. The molecule has 0 fully saturated rings. The van der Waals surface area contributed by atoms with Crippen LogP contribution in [0, 0.1) is 26.2 Å². The highest BCUT2D eigenvalue weighted by Crippen LogP contribution is 2.32. The van der Waals surface area contributed by atoms with Crippen LogP contribution in [0.15, 0.2) is 6.07 Å². The molecule has 0 spiro atoms. The van der Waals surface area contributed by atoms with Crippen molar-refractivity contribution in [2.75, 3.05) is 5.32 Å². The Morgan fingerprint density at radius 3 is 2.08 bits per heavy atom. The zero-order chi connectivity index (χ0) is 19.7. The minimum absolute atomic E-state index is 0.0630. The number of phenolic OH excluding ortho intramolecular Hbond substituents is 1. The van der Waals surface area contributed by atoms with Gasteiger partial charge in [0.15, 0.2) is 0 Å². The van der Waals surface area contributed by atoms with Crippen LogP contribution >= 0.6 is 0 Å². The van der Waals surface area contributed by atoms with Crippen molar-refractivity contribution in [3.05, 3.63) is 22.8 Å².